The van der Waals surface area contributed by atoms with E-state index >= 15 is 0 Å². The highest BCUT2D eigenvalue weighted by Crippen LogP contribution is 2.30. The van der Waals surface area contributed by atoms with Crippen molar-refractivity contribution in [1.29, 1.82) is 0 Å². The van der Waals surface area contributed by atoms with Crippen molar-refractivity contribution in [3.05, 3.63) is 11.8 Å². The van der Waals surface area contributed by atoms with Crippen molar-refractivity contribution in [1.82, 2.24) is 4.90 Å². The molecule has 1 aliphatic heterocycles. The van der Waals surface area contributed by atoms with Crippen LogP contribution in [0.4, 0.5) is 4.79 Å². The zero-order valence-electron chi connectivity index (χ0n) is 14.9. The maximum atomic E-state index is 12.6. The number of Topliss-reactive ketones (excluding diaryl/α,β-unsaturated/α-hetero) is 1. The Morgan fingerprint density at radius 2 is 1.91 bits per heavy atom. The minimum Gasteiger partial charge on any atom is -0.498 e. The van der Waals surface area contributed by atoms with Gasteiger partial charge < -0.3 is 14.4 Å². The van der Waals surface area contributed by atoms with Gasteiger partial charge in [-0.05, 0) is 41.0 Å². The monoisotopic (exact) mass is 311 g/mol. The van der Waals surface area contributed by atoms with E-state index in [2.05, 4.69) is 0 Å². The van der Waals surface area contributed by atoms with Crippen LogP contribution in [0.3, 0.4) is 0 Å². The van der Waals surface area contributed by atoms with Gasteiger partial charge in [0.25, 0.3) is 0 Å². The maximum Gasteiger partial charge on any atom is 0.410 e. The number of likely N-dealkylation sites (tertiary alicyclic amines) is 1. The zero-order valence-corrected chi connectivity index (χ0v) is 14.9. The summed E-state index contributed by atoms with van der Waals surface area (Å²) >= 11 is 0. The molecule has 0 bridgehead atoms. The lowest BCUT2D eigenvalue weighted by molar-refractivity contribution is -0.123. The number of nitrogens with zero attached hydrogens (tertiary/aromatic N) is 1. The molecule has 1 saturated heterocycles. The Bertz CT molecular complexity index is 458. The minimum absolute atomic E-state index is 0.0124. The molecular weight excluding hydrogens is 282 g/mol. The summed E-state index contributed by atoms with van der Waals surface area (Å²) in [6.07, 6.45) is 1.69. The molecule has 1 heterocycles. The van der Waals surface area contributed by atoms with Crippen LogP contribution in [-0.4, -0.2) is 41.6 Å². The van der Waals surface area contributed by atoms with E-state index in [9.17, 15) is 9.59 Å². The number of hydrogen-bond donors (Lipinski definition) is 0. The summed E-state index contributed by atoms with van der Waals surface area (Å²) in [5, 5.41) is 0. The average Bonchev–Trinajstić information content (AvgIpc) is 2.44. The molecule has 0 aromatic heterocycles. The number of ether oxygens (including phenoxy) is 2. The van der Waals surface area contributed by atoms with Crippen molar-refractivity contribution < 1.29 is 19.1 Å². The lowest BCUT2D eigenvalue weighted by atomic mass is 9.82. The summed E-state index contributed by atoms with van der Waals surface area (Å²) in [6, 6.07) is 0. The van der Waals surface area contributed by atoms with Crippen LogP contribution in [0.25, 0.3) is 0 Å². The number of carbonyl (C=O) groups is 2. The summed E-state index contributed by atoms with van der Waals surface area (Å²) in [5.41, 5.74) is -0.550. The van der Waals surface area contributed by atoms with Gasteiger partial charge in [-0.25, -0.2) is 4.79 Å². The Labute approximate surface area is 133 Å². The molecule has 1 rings (SSSR count). The van der Waals surface area contributed by atoms with Crippen molar-refractivity contribution >= 4 is 11.9 Å². The Kier molecular flexibility index (Phi) is 5.65. The first-order chi connectivity index (χ1) is 9.92. The molecule has 0 spiro atoms. The summed E-state index contributed by atoms with van der Waals surface area (Å²) in [6.45, 7) is 13.8. The van der Waals surface area contributed by atoms with Crippen LogP contribution in [0.2, 0.25) is 0 Å². The Morgan fingerprint density at radius 1 is 1.32 bits per heavy atom. The fraction of sp³-hybridized carbons (Fsp3) is 0.765. The van der Waals surface area contributed by atoms with E-state index in [0.717, 1.165) is 0 Å². The third-order valence-electron chi connectivity index (χ3n) is 3.41. The van der Waals surface area contributed by atoms with Crippen molar-refractivity contribution in [2.45, 2.75) is 66.6 Å². The fourth-order valence-corrected chi connectivity index (χ4v) is 2.11. The molecule has 22 heavy (non-hydrogen) atoms. The van der Waals surface area contributed by atoms with Crippen LogP contribution in [0, 0.1) is 5.41 Å². The molecule has 1 amide bonds. The number of rotatable bonds is 2. The second-order valence-electron chi connectivity index (χ2n) is 7.69. The van der Waals surface area contributed by atoms with Crippen molar-refractivity contribution in [2.75, 3.05) is 13.1 Å². The maximum absolute atomic E-state index is 12.6. The molecule has 5 heteroatoms. The van der Waals surface area contributed by atoms with Crippen LogP contribution in [0.15, 0.2) is 11.8 Å². The Morgan fingerprint density at radius 3 is 2.41 bits per heavy atom. The van der Waals surface area contributed by atoms with Gasteiger partial charge in [0.05, 0.1) is 18.9 Å². The largest absolute Gasteiger partial charge is 0.498 e. The predicted molar refractivity (Wildman–Crippen MR) is 85.5 cm³/mol. The number of amides is 1. The molecule has 0 aliphatic carbocycles. The molecule has 5 nitrogen and oxygen atoms in total. The van der Waals surface area contributed by atoms with Crippen LogP contribution < -0.4 is 0 Å². The van der Waals surface area contributed by atoms with Crippen molar-refractivity contribution in [3.8, 4) is 0 Å². The van der Waals surface area contributed by atoms with Crippen LogP contribution in [-0.2, 0) is 14.3 Å². The van der Waals surface area contributed by atoms with Gasteiger partial charge in [0.1, 0.15) is 5.60 Å². The topological polar surface area (TPSA) is 55.8 Å². The van der Waals surface area contributed by atoms with E-state index in [1.54, 1.807) is 4.90 Å². The predicted octanol–water partition coefficient (Wildman–Crippen LogP) is 3.53. The summed E-state index contributed by atoms with van der Waals surface area (Å²) < 4.78 is 10.9. The van der Waals surface area contributed by atoms with Gasteiger partial charge in [-0.3, -0.25) is 4.79 Å². The zero-order chi connectivity index (χ0) is 17.1. The van der Waals surface area contributed by atoms with Gasteiger partial charge >= 0.3 is 6.09 Å². The standard InChI is InChI=1S/C17H29NO4/c1-12(2)21-11-13-10-18(15(20)22-16(3,4)5)9-8-17(6,7)14(13)19/h11-12H,8-10H2,1-7H3/b13-11-. The van der Waals surface area contributed by atoms with Gasteiger partial charge in [-0.1, -0.05) is 13.8 Å². The second kappa shape index (κ2) is 6.71. The molecular formula is C17H29NO4. The average molecular weight is 311 g/mol. The molecule has 126 valence electrons. The minimum atomic E-state index is -0.554. The lowest BCUT2D eigenvalue weighted by Gasteiger charge is -2.26. The normalized spacial score (nSPS) is 21.0. The van der Waals surface area contributed by atoms with Crippen LogP contribution >= 0.6 is 0 Å². The van der Waals surface area contributed by atoms with E-state index in [-0.39, 0.29) is 18.4 Å². The summed E-state index contributed by atoms with van der Waals surface area (Å²) in [5.74, 6) is 0.0270. The van der Waals surface area contributed by atoms with Gasteiger partial charge in [-0.2, -0.15) is 0 Å². The highest BCUT2D eigenvalue weighted by atomic mass is 16.6. The van der Waals surface area contributed by atoms with Crippen molar-refractivity contribution in [3.63, 3.8) is 0 Å². The molecule has 0 unspecified atom stereocenters. The van der Waals surface area contributed by atoms with E-state index < -0.39 is 17.1 Å². The molecule has 0 radical (unpaired) electrons. The first-order valence-corrected chi connectivity index (χ1v) is 7.79. The van der Waals surface area contributed by atoms with Gasteiger partial charge in [0, 0.05) is 17.5 Å². The van der Waals surface area contributed by atoms with E-state index in [1.807, 2.05) is 48.5 Å². The lowest BCUT2D eigenvalue weighted by Crippen LogP contribution is -2.38. The van der Waals surface area contributed by atoms with Crippen LogP contribution in [0.1, 0.15) is 54.9 Å². The van der Waals surface area contributed by atoms with Gasteiger partial charge in [0.15, 0.2) is 5.78 Å². The number of carbonyl (C=O) groups excluding carboxylic acids is 2. The quantitative estimate of drug-likeness (QED) is 0.578. The highest BCUT2D eigenvalue weighted by molar-refractivity contribution is 6.00. The van der Waals surface area contributed by atoms with Gasteiger partial charge in [0.2, 0.25) is 0 Å². The molecule has 0 saturated carbocycles. The van der Waals surface area contributed by atoms with E-state index in [1.165, 1.54) is 6.26 Å². The Balaban J connectivity index is 2.98. The number of ketones is 1. The summed E-state index contributed by atoms with van der Waals surface area (Å²) in [7, 11) is 0. The second-order valence-corrected chi connectivity index (χ2v) is 7.69. The molecule has 0 aromatic rings. The molecule has 1 fully saturated rings. The smallest absolute Gasteiger partial charge is 0.410 e. The highest BCUT2D eigenvalue weighted by Gasteiger charge is 2.37. The van der Waals surface area contributed by atoms with E-state index in [4.69, 9.17) is 9.47 Å². The Hall–Kier alpha value is -1.52. The molecule has 0 N–H and O–H groups in total. The fourth-order valence-electron chi connectivity index (χ4n) is 2.11. The SMILES string of the molecule is CC(C)O/C=C1/CN(C(=O)OC(C)(C)C)CCC(C)(C)C1=O. The van der Waals surface area contributed by atoms with Crippen molar-refractivity contribution in [2.24, 2.45) is 5.41 Å². The third-order valence-corrected chi connectivity index (χ3v) is 3.41. The first-order valence-electron chi connectivity index (χ1n) is 7.79. The third kappa shape index (κ3) is 5.35. The molecule has 0 atom stereocenters. The van der Waals surface area contributed by atoms with Crippen LogP contribution in [0.5, 0.6) is 0 Å². The van der Waals surface area contributed by atoms with Gasteiger partial charge in [-0.15, -0.1) is 0 Å². The van der Waals surface area contributed by atoms with E-state index in [0.29, 0.717) is 18.5 Å². The summed E-state index contributed by atoms with van der Waals surface area (Å²) in [4.78, 5) is 26.5. The molecule has 1 aliphatic rings. The molecule has 0 aromatic carbocycles. The number of hydrogen-bond acceptors (Lipinski definition) is 4. The first kappa shape index (κ1) is 18.5.